The van der Waals surface area contributed by atoms with Crippen molar-refractivity contribution in [3.8, 4) is 6.07 Å². The Morgan fingerprint density at radius 1 is 1.67 bits per heavy atom. The van der Waals surface area contributed by atoms with E-state index in [0.717, 1.165) is 0 Å². The summed E-state index contributed by atoms with van der Waals surface area (Å²) >= 11 is 0. The van der Waals surface area contributed by atoms with Crippen molar-refractivity contribution < 1.29 is 4.79 Å². The molecule has 0 aliphatic heterocycles. The number of rotatable bonds is 5. The number of nitrogen functional groups attached to an aromatic ring is 1. The van der Waals surface area contributed by atoms with Crippen LogP contribution in [0.1, 0.15) is 30.6 Å². The summed E-state index contributed by atoms with van der Waals surface area (Å²) in [5.41, 5.74) is 3.41. The highest BCUT2D eigenvalue weighted by Gasteiger charge is 2.20. The van der Waals surface area contributed by atoms with Crippen molar-refractivity contribution in [2.75, 3.05) is 12.0 Å². The fourth-order valence-electron chi connectivity index (χ4n) is 1.61. The molecule has 18 heavy (non-hydrogen) atoms. The van der Waals surface area contributed by atoms with Gasteiger partial charge in [-0.2, -0.15) is 5.26 Å². The first kappa shape index (κ1) is 13.9. The van der Waals surface area contributed by atoms with Crippen molar-refractivity contribution in [2.24, 2.45) is 5.84 Å². The fourth-order valence-corrected chi connectivity index (χ4v) is 1.61. The third-order valence-corrected chi connectivity index (χ3v) is 2.56. The standard InChI is InChI=1S/C12H17N5O/c1-9(2)17(7-3-5-13)12(18)10-8-15-6-4-11(10)16-14/h4,6,8-9H,3,7,14H2,1-2H3,(H,15,16). The Hall–Kier alpha value is -2.13. The van der Waals surface area contributed by atoms with Crippen LogP contribution in [-0.4, -0.2) is 28.4 Å². The molecule has 96 valence electrons. The summed E-state index contributed by atoms with van der Waals surface area (Å²) in [7, 11) is 0. The molecule has 0 atom stereocenters. The average molecular weight is 247 g/mol. The van der Waals surface area contributed by atoms with Crippen LogP contribution in [0.2, 0.25) is 0 Å². The maximum atomic E-state index is 12.4. The Kier molecular flexibility index (Phi) is 5.08. The predicted octanol–water partition coefficient (Wildman–Crippen LogP) is 1.13. The number of amides is 1. The van der Waals surface area contributed by atoms with Gasteiger partial charge in [-0.3, -0.25) is 15.6 Å². The van der Waals surface area contributed by atoms with Crippen LogP contribution in [0.4, 0.5) is 5.69 Å². The van der Waals surface area contributed by atoms with Gasteiger partial charge in [0.05, 0.1) is 23.7 Å². The van der Waals surface area contributed by atoms with Gasteiger partial charge >= 0.3 is 0 Å². The number of hydrogen-bond donors (Lipinski definition) is 2. The fraction of sp³-hybridized carbons (Fsp3) is 0.417. The number of anilines is 1. The summed E-state index contributed by atoms with van der Waals surface area (Å²) in [5.74, 6) is 5.18. The van der Waals surface area contributed by atoms with Gasteiger partial charge in [-0.05, 0) is 19.9 Å². The van der Waals surface area contributed by atoms with Gasteiger partial charge in [-0.1, -0.05) is 0 Å². The van der Waals surface area contributed by atoms with Gasteiger partial charge in [-0.15, -0.1) is 0 Å². The first-order valence-corrected chi connectivity index (χ1v) is 5.70. The molecular weight excluding hydrogens is 230 g/mol. The van der Waals surface area contributed by atoms with Crippen LogP contribution in [0, 0.1) is 11.3 Å². The van der Waals surface area contributed by atoms with Gasteiger partial charge in [0.2, 0.25) is 0 Å². The van der Waals surface area contributed by atoms with E-state index in [9.17, 15) is 4.79 Å². The summed E-state index contributed by atoms with van der Waals surface area (Å²) in [6.45, 7) is 4.20. The molecule has 0 bridgehead atoms. The van der Waals surface area contributed by atoms with Crippen molar-refractivity contribution >= 4 is 11.6 Å². The molecule has 3 N–H and O–H groups in total. The maximum Gasteiger partial charge on any atom is 0.257 e. The summed E-state index contributed by atoms with van der Waals surface area (Å²) in [4.78, 5) is 17.9. The molecule has 1 amide bonds. The van der Waals surface area contributed by atoms with Crippen LogP contribution in [0.5, 0.6) is 0 Å². The minimum Gasteiger partial charge on any atom is -0.335 e. The number of carbonyl (C=O) groups is 1. The molecule has 0 saturated carbocycles. The monoisotopic (exact) mass is 247 g/mol. The Labute approximate surface area is 106 Å². The molecule has 0 aliphatic rings. The quantitative estimate of drug-likeness (QED) is 0.600. The van der Waals surface area contributed by atoms with E-state index < -0.39 is 0 Å². The molecule has 1 rings (SSSR count). The van der Waals surface area contributed by atoms with E-state index in [2.05, 4.69) is 10.4 Å². The molecule has 6 nitrogen and oxygen atoms in total. The highest BCUT2D eigenvalue weighted by Crippen LogP contribution is 2.16. The molecule has 6 heteroatoms. The molecule has 0 fully saturated rings. The normalized spacial score (nSPS) is 9.94. The van der Waals surface area contributed by atoms with Crippen molar-refractivity contribution in [2.45, 2.75) is 26.3 Å². The first-order valence-electron chi connectivity index (χ1n) is 5.70. The van der Waals surface area contributed by atoms with Crippen LogP contribution in [0.15, 0.2) is 18.5 Å². The van der Waals surface area contributed by atoms with E-state index in [1.807, 2.05) is 19.9 Å². The SMILES string of the molecule is CC(C)N(CCC#N)C(=O)c1cnccc1NN. The number of nitrogens with zero attached hydrogens (tertiary/aromatic N) is 3. The van der Waals surface area contributed by atoms with E-state index in [4.69, 9.17) is 11.1 Å². The van der Waals surface area contributed by atoms with Crippen molar-refractivity contribution in [3.05, 3.63) is 24.0 Å². The lowest BCUT2D eigenvalue weighted by atomic mass is 10.1. The summed E-state index contributed by atoms with van der Waals surface area (Å²) < 4.78 is 0. The number of hydrazine groups is 1. The van der Waals surface area contributed by atoms with Crippen LogP contribution >= 0.6 is 0 Å². The van der Waals surface area contributed by atoms with Gasteiger partial charge in [0, 0.05) is 25.0 Å². The molecule has 0 saturated heterocycles. The van der Waals surface area contributed by atoms with Gasteiger partial charge in [0.15, 0.2) is 0 Å². The van der Waals surface area contributed by atoms with Crippen molar-refractivity contribution in [1.82, 2.24) is 9.88 Å². The summed E-state index contributed by atoms with van der Waals surface area (Å²) in [6, 6.07) is 3.68. The number of pyridine rings is 1. The largest absolute Gasteiger partial charge is 0.335 e. The van der Waals surface area contributed by atoms with Gasteiger partial charge in [0.1, 0.15) is 0 Å². The zero-order valence-corrected chi connectivity index (χ0v) is 10.6. The lowest BCUT2D eigenvalue weighted by Gasteiger charge is -2.26. The highest BCUT2D eigenvalue weighted by atomic mass is 16.2. The summed E-state index contributed by atoms with van der Waals surface area (Å²) in [6.07, 6.45) is 3.33. The number of nitrogens with two attached hydrogens (primary N) is 1. The number of carbonyl (C=O) groups excluding carboxylic acids is 1. The van der Waals surface area contributed by atoms with E-state index in [0.29, 0.717) is 24.2 Å². The number of aromatic nitrogens is 1. The average Bonchev–Trinajstić information content (AvgIpc) is 2.38. The molecule has 1 aromatic rings. The van der Waals surface area contributed by atoms with E-state index in [-0.39, 0.29) is 11.9 Å². The molecule has 0 aliphatic carbocycles. The molecule has 0 radical (unpaired) electrons. The van der Waals surface area contributed by atoms with Crippen LogP contribution in [-0.2, 0) is 0 Å². The Morgan fingerprint density at radius 3 is 2.94 bits per heavy atom. The lowest BCUT2D eigenvalue weighted by molar-refractivity contribution is 0.0711. The number of nitrogens with one attached hydrogen (secondary N) is 1. The van der Waals surface area contributed by atoms with Crippen molar-refractivity contribution in [1.29, 1.82) is 5.26 Å². The number of hydrogen-bond acceptors (Lipinski definition) is 5. The molecule has 0 spiro atoms. The van der Waals surface area contributed by atoms with E-state index >= 15 is 0 Å². The maximum absolute atomic E-state index is 12.4. The van der Waals surface area contributed by atoms with Crippen molar-refractivity contribution in [3.63, 3.8) is 0 Å². The van der Waals surface area contributed by atoms with Gasteiger partial charge in [-0.25, -0.2) is 0 Å². The second-order valence-corrected chi connectivity index (χ2v) is 4.07. The minimum atomic E-state index is -0.179. The first-order chi connectivity index (χ1) is 8.61. The highest BCUT2D eigenvalue weighted by molar-refractivity contribution is 5.99. The summed E-state index contributed by atoms with van der Waals surface area (Å²) in [5, 5.41) is 8.62. The van der Waals surface area contributed by atoms with Crippen LogP contribution in [0.3, 0.4) is 0 Å². The topological polar surface area (TPSA) is 95.0 Å². The third kappa shape index (κ3) is 3.18. The van der Waals surface area contributed by atoms with Crippen LogP contribution < -0.4 is 11.3 Å². The second-order valence-electron chi connectivity index (χ2n) is 4.07. The molecule has 1 heterocycles. The van der Waals surface area contributed by atoms with E-state index in [1.165, 1.54) is 6.20 Å². The molecular formula is C12H17N5O. The Balaban J connectivity index is 2.99. The second kappa shape index (κ2) is 6.57. The van der Waals surface area contributed by atoms with Gasteiger partial charge in [0.25, 0.3) is 5.91 Å². The van der Waals surface area contributed by atoms with Crippen LogP contribution in [0.25, 0.3) is 0 Å². The third-order valence-electron chi connectivity index (χ3n) is 2.56. The number of nitriles is 1. The van der Waals surface area contributed by atoms with E-state index in [1.54, 1.807) is 17.2 Å². The van der Waals surface area contributed by atoms with Gasteiger partial charge < -0.3 is 10.3 Å². The molecule has 0 aromatic carbocycles. The minimum absolute atomic E-state index is 0.0108. The zero-order chi connectivity index (χ0) is 13.5. The molecule has 1 aromatic heterocycles. The Bertz CT molecular complexity index is 452. The smallest absolute Gasteiger partial charge is 0.257 e. The zero-order valence-electron chi connectivity index (χ0n) is 10.6. The molecule has 0 unspecified atom stereocenters. The lowest BCUT2D eigenvalue weighted by Crippen LogP contribution is -2.38. The predicted molar refractivity (Wildman–Crippen MR) is 68.4 cm³/mol. The Morgan fingerprint density at radius 2 is 2.39 bits per heavy atom.